The van der Waals surface area contributed by atoms with Crippen LogP contribution < -0.4 is 5.32 Å². The van der Waals surface area contributed by atoms with E-state index in [1.165, 1.54) is 24.3 Å². The Morgan fingerprint density at radius 1 is 0.816 bits per heavy atom. The van der Waals surface area contributed by atoms with Crippen molar-refractivity contribution in [3.8, 4) is 11.1 Å². The molecule has 1 atom stereocenters. The molecule has 0 aromatic heterocycles. The predicted molar refractivity (Wildman–Crippen MR) is 134 cm³/mol. The second-order valence-electron chi connectivity index (χ2n) is 9.40. The molecule has 0 saturated carbocycles. The number of halogens is 6. The van der Waals surface area contributed by atoms with Crippen LogP contribution in [0, 0.1) is 5.92 Å². The van der Waals surface area contributed by atoms with Crippen molar-refractivity contribution in [2.45, 2.75) is 52.0 Å². The number of rotatable bonds is 9. The van der Waals surface area contributed by atoms with Gasteiger partial charge in [0.05, 0.1) is 23.7 Å². The first-order chi connectivity index (χ1) is 17.8. The van der Waals surface area contributed by atoms with Crippen LogP contribution in [-0.2, 0) is 28.4 Å². The van der Waals surface area contributed by atoms with Crippen LogP contribution in [0.25, 0.3) is 11.1 Å². The summed E-state index contributed by atoms with van der Waals surface area (Å²) < 4.78 is 83.1. The third-order valence-electron chi connectivity index (χ3n) is 5.96. The summed E-state index contributed by atoms with van der Waals surface area (Å²) in [5.74, 6) is -0.849. The molecule has 0 aliphatic heterocycles. The molecule has 0 fully saturated rings. The fraction of sp³-hybridized carbons (Fsp3) is 0.345. The number of ether oxygens (including phenoxy) is 1. The van der Waals surface area contributed by atoms with Gasteiger partial charge >= 0.3 is 18.3 Å². The Morgan fingerprint density at radius 3 is 1.87 bits per heavy atom. The first kappa shape index (κ1) is 29.1. The lowest BCUT2D eigenvalue weighted by Crippen LogP contribution is -2.18. The molecule has 0 aliphatic carbocycles. The number of nitrogens with one attached hydrogen (secondary N) is 1. The van der Waals surface area contributed by atoms with Crippen molar-refractivity contribution in [3.63, 3.8) is 0 Å². The second kappa shape index (κ2) is 11.9. The van der Waals surface area contributed by atoms with Gasteiger partial charge in [0.1, 0.15) is 0 Å². The summed E-state index contributed by atoms with van der Waals surface area (Å²) in [6.07, 6.45) is -8.41. The molecule has 1 unspecified atom stereocenters. The minimum absolute atomic E-state index is 0.155. The number of hydrogen-bond acceptors (Lipinski definition) is 3. The van der Waals surface area contributed by atoms with Gasteiger partial charge in [-0.2, -0.15) is 26.3 Å². The van der Waals surface area contributed by atoms with Gasteiger partial charge < -0.3 is 10.1 Å². The topological polar surface area (TPSA) is 38.3 Å². The molecule has 0 radical (unpaired) electrons. The summed E-state index contributed by atoms with van der Waals surface area (Å²) in [6.45, 7) is 6.04. The zero-order valence-corrected chi connectivity index (χ0v) is 21.2. The Kier molecular flexibility index (Phi) is 9.12. The first-order valence-electron chi connectivity index (χ1n) is 12.2. The molecule has 0 aliphatic rings. The van der Waals surface area contributed by atoms with Gasteiger partial charge in [-0.1, -0.05) is 44.2 Å². The van der Waals surface area contributed by atoms with Gasteiger partial charge in [0.25, 0.3) is 0 Å². The van der Waals surface area contributed by atoms with E-state index in [9.17, 15) is 31.1 Å². The number of carbonyl (C=O) groups excluding carboxylic acids is 1. The van der Waals surface area contributed by atoms with Crippen molar-refractivity contribution in [1.29, 1.82) is 0 Å². The summed E-state index contributed by atoms with van der Waals surface area (Å²) >= 11 is 0. The largest absolute Gasteiger partial charge is 0.466 e. The van der Waals surface area contributed by atoms with E-state index in [0.717, 1.165) is 24.3 Å². The van der Waals surface area contributed by atoms with E-state index in [1.54, 1.807) is 25.1 Å². The maximum atomic E-state index is 13.1. The van der Waals surface area contributed by atoms with Crippen LogP contribution in [0.3, 0.4) is 0 Å². The summed E-state index contributed by atoms with van der Waals surface area (Å²) in [7, 11) is 0. The standard InChI is InChI=1S/C29H29F6NO2/c1-4-38-27(37)26(13-18(2)3)22-14-21(20-7-11-24(12-8-20)29(33,34)35)15-25(16-22)36-17-19-5-9-23(10-6-19)28(30,31)32/h5-12,14-16,18,26,36H,4,13,17H2,1-3H3. The Hall–Kier alpha value is -3.49. The lowest BCUT2D eigenvalue weighted by atomic mass is 9.88. The monoisotopic (exact) mass is 537 g/mol. The SMILES string of the molecule is CCOC(=O)C(CC(C)C)c1cc(NCc2ccc(C(F)(F)F)cc2)cc(-c2ccc(C(F)(F)F)cc2)c1. The molecule has 0 amide bonds. The lowest BCUT2D eigenvalue weighted by molar-refractivity contribution is -0.145. The number of anilines is 1. The van der Waals surface area contributed by atoms with E-state index < -0.39 is 35.4 Å². The highest BCUT2D eigenvalue weighted by molar-refractivity contribution is 5.80. The number of benzene rings is 3. The van der Waals surface area contributed by atoms with E-state index in [0.29, 0.717) is 34.4 Å². The van der Waals surface area contributed by atoms with Crippen molar-refractivity contribution in [3.05, 3.63) is 89.0 Å². The van der Waals surface area contributed by atoms with Crippen LogP contribution in [0.1, 0.15) is 55.4 Å². The third-order valence-corrected chi connectivity index (χ3v) is 5.96. The van der Waals surface area contributed by atoms with Crippen LogP contribution in [0.2, 0.25) is 0 Å². The molecule has 3 nitrogen and oxygen atoms in total. The average Bonchev–Trinajstić information content (AvgIpc) is 2.85. The van der Waals surface area contributed by atoms with Crippen molar-refractivity contribution in [2.75, 3.05) is 11.9 Å². The molecule has 0 heterocycles. The fourth-order valence-corrected chi connectivity index (χ4v) is 4.07. The van der Waals surface area contributed by atoms with E-state index in [1.807, 2.05) is 13.8 Å². The zero-order chi connectivity index (χ0) is 28.1. The molecular formula is C29H29F6NO2. The quantitative estimate of drug-likeness (QED) is 0.219. The minimum atomic E-state index is -4.47. The van der Waals surface area contributed by atoms with Crippen molar-refractivity contribution >= 4 is 11.7 Å². The van der Waals surface area contributed by atoms with Gasteiger partial charge in [0, 0.05) is 12.2 Å². The summed E-state index contributed by atoms with van der Waals surface area (Å²) in [5.41, 5.74) is 1.37. The van der Waals surface area contributed by atoms with Crippen LogP contribution in [0.4, 0.5) is 32.0 Å². The molecule has 3 aromatic carbocycles. The summed E-state index contributed by atoms with van der Waals surface area (Å²) in [4.78, 5) is 12.8. The second-order valence-corrected chi connectivity index (χ2v) is 9.40. The van der Waals surface area contributed by atoms with Gasteiger partial charge in [-0.3, -0.25) is 4.79 Å². The maximum absolute atomic E-state index is 13.1. The van der Waals surface area contributed by atoms with Crippen LogP contribution in [0.15, 0.2) is 66.7 Å². The number of hydrogen-bond donors (Lipinski definition) is 1. The Bertz CT molecular complexity index is 1220. The molecule has 204 valence electrons. The maximum Gasteiger partial charge on any atom is 0.416 e. The molecule has 0 saturated heterocycles. The summed E-state index contributed by atoms with van der Waals surface area (Å²) in [6, 6.07) is 14.7. The van der Waals surface area contributed by atoms with Crippen LogP contribution in [0.5, 0.6) is 0 Å². The molecule has 1 N–H and O–H groups in total. The normalized spacial score (nSPS) is 12.9. The van der Waals surface area contributed by atoms with E-state index >= 15 is 0 Å². The number of carbonyl (C=O) groups is 1. The van der Waals surface area contributed by atoms with Crippen LogP contribution in [-0.4, -0.2) is 12.6 Å². The average molecular weight is 538 g/mol. The zero-order valence-electron chi connectivity index (χ0n) is 21.2. The van der Waals surface area contributed by atoms with Gasteiger partial charge in [-0.05, 0) is 77.9 Å². The van der Waals surface area contributed by atoms with Gasteiger partial charge in [-0.15, -0.1) is 0 Å². The molecule has 38 heavy (non-hydrogen) atoms. The Balaban J connectivity index is 1.99. The van der Waals surface area contributed by atoms with Crippen LogP contribution >= 0.6 is 0 Å². The molecular weight excluding hydrogens is 508 g/mol. The summed E-state index contributed by atoms with van der Waals surface area (Å²) in [5, 5.41) is 3.17. The van der Waals surface area contributed by atoms with Gasteiger partial charge in [0.15, 0.2) is 0 Å². The van der Waals surface area contributed by atoms with Gasteiger partial charge in [0.2, 0.25) is 0 Å². The lowest BCUT2D eigenvalue weighted by Gasteiger charge is -2.21. The molecule has 0 spiro atoms. The number of alkyl halides is 6. The molecule has 3 rings (SSSR count). The highest BCUT2D eigenvalue weighted by Crippen LogP contribution is 2.35. The van der Waals surface area contributed by atoms with Gasteiger partial charge in [-0.25, -0.2) is 0 Å². The number of esters is 1. The van der Waals surface area contributed by atoms with E-state index in [2.05, 4.69) is 5.32 Å². The smallest absolute Gasteiger partial charge is 0.416 e. The Morgan fingerprint density at radius 2 is 1.37 bits per heavy atom. The predicted octanol–water partition coefficient (Wildman–Crippen LogP) is 8.70. The molecule has 0 bridgehead atoms. The highest BCUT2D eigenvalue weighted by atomic mass is 19.4. The first-order valence-corrected chi connectivity index (χ1v) is 12.2. The van der Waals surface area contributed by atoms with Crippen molar-refractivity contribution < 1.29 is 35.9 Å². The third kappa shape index (κ3) is 7.76. The molecule has 3 aromatic rings. The van der Waals surface area contributed by atoms with Crippen molar-refractivity contribution in [1.82, 2.24) is 0 Å². The Labute approximate surface area is 217 Å². The highest BCUT2D eigenvalue weighted by Gasteiger charge is 2.31. The fourth-order valence-electron chi connectivity index (χ4n) is 4.07. The molecule has 9 heteroatoms. The van der Waals surface area contributed by atoms with E-state index in [-0.39, 0.29) is 19.1 Å². The van der Waals surface area contributed by atoms with Crippen molar-refractivity contribution in [2.24, 2.45) is 5.92 Å². The van der Waals surface area contributed by atoms with E-state index in [4.69, 9.17) is 4.74 Å². The minimum Gasteiger partial charge on any atom is -0.466 e.